The molecule has 2 N–H and O–H groups in total. The number of hydrogen-bond donors (Lipinski definition) is 2. The van der Waals surface area contributed by atoms with E-state index in [-0.39, 0.29) is 23.7 Å². The van der Waals surface area contributed by atoms with E-state index in [9.17, 15) is 13.5 Å². The van der Waals surface area contributed by atoms with Crippen LogP contribution in [-0.2, 0) is 9.84 Å². The predicted octanol–water partition coefficient (Wildman–Crippen LogP) is 1.34. The lowest BCUT2D eigenvalue weighted by Gasteiger charge is -2.39. The molecule has 0 amide bonds. The van der Waals surface area contributed by atoms with Gasteiger partial charge in [0.15, 0.2) is 9.84 Å². The van der Waals surface area contributed by atoms with Crippen molar-refractivity contribution in [2.24, 2.45) is 5.92 Å². The molecule has 0 radical (unpaired) electrons. The highest BCUT2D eigenvalue weighted by atomic mass is 32.2. The molecule has 0 aliphatic heterocycles. The molecule has 1 saturated carbocycles. The Balaban J connectivity index is 2.49. The van der Waals surface area contributed by atoms with Gasteiger partial charge in [-0.15, -0.1) is 0 Å². The Kier molecular flexibility index (Phi) is 6.08. The monoisotopic (exact) mass is 277 g/mol. The van der Waals surface area contributed by atoms with Gasteiger partial charge in [-0.05, 0) is 25.7 Å². The molecule has 0 bridgehead atoms. The molecule has 5 heteroatoms. The van der Waals surface area contributed by atoms with Gasteiger partial charge < -0.3 is 10.4 Å². The van der Waals surface area contributed by atoms with E-state index in [4.69, 9.17) is 0 Å². The Bertz CT molecular complexity index is 336. The minimum atomic E-state index is -2.92. The van der Waals surface area contributed by atoms with E-state index in [1.165, 1.54) is 19.3 Å². The van der Waals surface area contributed by atoms with Gasteiger partial charge in [0, 0.05) is 17.8 Å². The largest absolute Gasteiger partial charge is 0.394 e. The van der Waals surface area contributed by atoms with Crippen LogP contribution in [0.4, 0.5) is 0 Å². The van der Waals surface area contributed by atoms with E-state index >= 15 is 0 Å². The van der Waals surface area contributed by atoms with Gasteiger partial charge in [0.25, 0.3) is 0 Å². The molecular weight excluding hydrogens is 250 g/mol. The molecule has 1 fully saturated rings. The van der Waals surface area contributed by atoms with Crippen molar-refractivity contribution in [3.8, 4) is 0 Å². The Morgan fingerprint density at radius 2 is 1.89 bits per heavy atom. The van der Waals surface area contributed by atoms with E-state index in [2.05, 4.69) is 5.32 Å². The Hall–Kier alpha value is -0.130. The molecule has 1 aliphatic rings. The molecular formula is C13H27NO3S. The van der Waals surface area contributed by atoms with Crippen molar-refractivity contribution in [2.75, 3.05) is 24.7 Å². The standard InChI is InChI=1S/C13H27NO3S/c1-3-18(16,17)10-9-14-13(2,11-15)12-7-5-4-6-8-12/h12,14-15H,3-11H2,1-2H3. The second kappa shape index (κ2) is 6.87. The smallest absolute Gasteiger partial charge is 0.151 e. The van der Waals surface area contributed by atoms with Crippen molar-refractivity contribution in [2.45, 2.75) is 51.5 Å². The first-order valence-corrected chi connectivity index (χ1v) is 8.82. The van der Waals surface area contributed by atoms with Crippen LogP contribution in [0, 0.1) is 5.92 Å². The van der Waals surface area contributed by atoms with Gasteiger partial charge in [-0.2, -0.15) is 0 Å². The summed E-state index contributed by atoms with van der Waals surface area (Å²) in [6.07, 6.45) is 5.97. The third-order valence-corrected chi connectivity index (χ3v) is 5.92. The lowest BCUT2D eigenvalue weighted by Crippen LogP contribution is -2.53. The molecule has 0 aromatic rings. The summed E-state index contributed by atoms with van der Waals surface area (Å²) in [5.74, 6) is 0.806. The first-order chi connectivity index (χ1) is 8.43. The second-order valence-corrected chi connectivity index (χ2v) is 8.05. The summed E-state index contributed by atoms with van der Waals surface area (Å²) in [6, 6.07) is 0. The summed E-state index contributed by atoms with van der Waals surface area (Å²) in [5.41, 5.74) is -0.330. The molecule has 18 heavy (non-hydrogen) atoms. The third-order valence-electron chi connectivity index (χ3n) is 4.22. The van der Waals surface area contributed by atoms with Crippen molar-refractivity contribution < 1.29 is 13.5 Å². The molecule has 0 aromatic heterocycles. The summed E-state index contributed by atoms with van der Waals surface area (Å²) in [7, 11) is -2.92. The highest BCUT2D eigenvalue weighted by Crippen LogP contribution is 2.32. The van der Waals surface area contributed by atoms with E-state index in [0.29, 0.717) is 12.5 Å². The van der Waals surface area contributed by atoms with Crippen LogP contribution in [-0.4, -0.2) is 43.7 Å². The second-order valence-electron chi connectivity index (χ2n) is 5.57. The number of aliphatic hydroxyl groups excluding tert-OH is 1. The molecule has 0 saturated heterocycles. The van der Waals surface area contributed by atoms with Gasteiger partial charge in [-0.25, -0.2) is 8.42 Å². The van der Waals surface area contributed by atoms with Gasteiger partial charge in [0.1, 0.15) is 0 Å². The van der Waals surface area contributed by atoms with Crippen molar-refractivity contribution in [3.63, 3.8) is 0 Å². The maximum atomic E-state index is 11.4. The summed E-state index contributed by atoms with van der Waals surface area (Å²) in [5, 5.41) is 12.9. The fraction of sp³-hybridized carbons (Fsp3) is 1.00. The van der Waals surface area contributed by atoms with E-state index in [1.54, 1.807) is 6.92 Å². The molecule has 0 aromatic carbocycles. The van der Waals surface area contributed by atoms with Gasteiger partial charge in [-0.1, -0.05) is 26.2 Å². The van der Waals surface area contributed by atoms with Crippen LogP contribution in [0.25, 0.3) is 0 Å². The van der Waals surface area contributed by atoms with E-state index in [0.717, 1.165) is 12.8 Å². The third kappa shape index (κ3) is 4.52. The highest BCUT2D eigenvalue weighted by molar-refractivity contribution is 7.91. The van der Waals surface area contributed by atoms with Gasteiger partial charge in [0.2, 0.25) is 0 Å². The number of nitrogens with one attached hydrogen (secondary N) is 1. The zero-order valence-corrected chi connectivity index (χ0v) is 12.4. The molecule has 1 atom stereocenters. The van der Waals surface area contributed by atoms with Crippen LogP contribution in [0.3, 0.4) is 0 Å². The summed E-state index contributed by atoms with van der Waals surface area (Å²) in [6.45, 7) is 4.19. The SMILES string of the molecule is CCS(=O)(=O)CCNC(C)(CO)C1CCCCC1. The zero-order chi connectivity index (χ0) is 13.6. The van der Waals surface area contributed by atoms with Crippen LogP contribution in [0.2, 0.25) is 0 Å². The molecule has 1 unspecified atom stereocenters. The fourth-order valence-electron chi connectivity index (χ4n) is 2.71. The van der Waals surface area contributed by atoms with E-state index < -0.39 is 9.84 Å². The molecule has 108 valence electrons. The Labute approximate surface area is 111 Å². The van der Waals surface area contributed by atoms with Gasteiger partial charge >= 0.3 is 0 Å². The molecule has 1 aliphatic carbocycles. The van der Waals surface area contributed by atoms with Crippen LogP contribution in [0.5, 0.6) is 0 Å². The lowest BCUT2D eigenvalue weighted by molar-refractivity contribution is 0.0971. The summed E-state index contributed by atoms with van der Waals surface area (Å²) >= 11 is 0. The quantitative estimate of drug-likeness (QED) is 0.737. The average Bonchev–Trinajstić information content (AvgIpc) is 2.39. The van der Waals surface area contributed by atoms with Crippen LogP contribution >= 0.6 is 0 Å². The molecule has 1 rings (SSSR count). The fourth-order valence-corrected chi connectivity index (χ4v) is 3.41. The van der Waals surface area contributed by atoms with Crippen molar-refractivity contribution in [1.82, 2.24) is 5.32 Å². The normalized spacial score (nSPS) is 21.7. The van der Waals surface area contributed by atoms with E-state index in [1.807, 2.05) is 6.92 Å². The number of hydrogen-bond acceptors (Lipinski definition) is 4. The number of aliphatic hydroxyl groups is 1. The number of sulfone groups is 1. The molecule has 4 nitrogen and oxygen atoms in total. The predicted molar refractivity (Wildman–Crippen MR) is 74.4 cm³/mol. The number of rotatable bonds is 7. The lowest BCUT2D eigenvalue weighted by atomic mass is 9.76. The van der Waals surface area contributed by atoms with Crippen LogP contribution in [0.15, 0.2) is 0 Å². The maximum absolute atomic E-state index is 11.4. The minimum absolute atomic E-state index is 0.0733. The van der Waals surface area contributed by atoms with Crippen molar-refractivity contribution >= 4 is 9.84 Å². The maximum Gasteiger partial charge on any atom is 0.151 e. The van der Waals surface area contributed by atoms with Crippen LogP contribution in [0.1, 0.15) is 46.0 Å². The van der Waals surface area contributed by atoms with Crippen molar-refractivity contribution in [3.05, 3.63) is 0 Å². The topological polar surface area (TPSA) is 66.4 Å². The molecule has 0 spiro atoms. The Morgan fingerprint density at radius 3 is 2.39 bits per heavy atom. The first-order valence-electron chi connectivity index (χ1n) is 7.00. The average molecular weight is 277 g/mol. The zero-order valence-electron chi connectivity index (χ0n) is 11.6. The van der Waals surface area contributed by atoms with Gasteiger partial charge in [-0.3, -0.25) is 0 Å². The Morgan fingerprint density at radius 1 is 1.28 bits per heavy atom. The molecule has 0 heterocycles. The first kappa shape index (κ1) is 15.9. The van der Waals surface area contributed by atoms with Crippen LogP contribution < -0.4 is 5.32 Å². The summed E-state index contributed by atoms with van der Waals surface area (Å²) < 4.78 is 22.9. The minimum Gasteiger partial charge on any atom is -0.394 e. The summed E-state index contributed by atoms with van der Waals surface area (Å²) in [4.78, 5) is 0. The highest BCUT2D eigenvalue weighted by Gasteiger charge is 2.33. The van der Waals surface area contributed by atoms with Gasteiger partial charge in [0.05, 0.1) is 12.4 Å². The van der Waals surface area contributed by atoms with Crippen molar-refractivity contribution in [1.29, 1.82) is 0 Å².